The summed E-state index contributed by atoms with van der Waals surface area (Å²) in [6, 6.07) is 0. The summed E-state index contributed by atoms with van der Waals surface area (Å²) in [5.74, 6) is -2.62. The van der Waals surface area contributed by atoms with Crippen LogP contribution in [-0.4, -0.2) is 244 Å². The Morgan fingerprint density at radius 1 is 0.544 bits per heavy atom. The van der Waals surface area contributed by atoms with Gasteiger partial charge < -0.3 is 114 Å². The number of carboxylic acids is 1. The van der Waals surface area contributed by atoms with Crippen LogP contribution >= 0.6 is 0 Å². The minimum atomic E-state index is -1.88. The summed E-state index contributed by atoms with van der Waals surface area (Å²) < 4.78 is 46.5. The molecule has 25 heteroatoms. The molecular weight excluding hydrogens is 1050 g/mol. The maximum atomic E-state index is 15.1. The summed E-state index contributed by atoms with van der Waals surface area (Å²) >= 11 is 0. The van der Waals surface area contributed by atoms with E-state index in [9.17, 15) is 81.4 Å². The number of esters is 1. The summed E-state index contributed by atoms with van der Waals surface area (Å²) in [7, 11) is 0. The van der Waals surface area contributed by atoms with Crippen LogP contribution in [0.15, 0.2) is 11.6 Å². The highest BCUT2D eigenvalue weighted by atomic mass is 16.8. The Hall–Kier alpha value is -2.16. The highest BCUT2D eigenvalue weighted by molar-refractivity contribution is 5.79. The van der Waals surface area contributed by atoms with E-state index >= 15 is 4.79 Å². The van der Waals surface area contributed by atoms with Gasteiger partial charge in [0.15, 0.2) is 18.9 Å². The number of carbonyl (C=O) groups excluding carboxylic acids is 1. The summed E-state index contributed by atoms with van der Waals surface area (Å²) in [6.45, 7) is 10.0. The van der Waals surface area contributed by atoms with E-state index in [0.29, 0.717) is 57.8 Å². The number of aliphatic hydroxyl groups excluding tert-OH is 14. The fraction of sp³-hybridized carbons (Fsp3) is 0.926. The van der Waals surface area contributed by atoms with Crippen molar-refractivity contribution in [3.63, 3.8) is 0 Å². The van der Waals surface area contributed by atoms with Crippen molar-refractivity contribution < 1.29 is 124 Å². The quantitative estimate of drug-likeness (QED) is 0.0497. The lowest BCUT2D eigenvalue weighted by molar-refractivity contribution is -0.345. The Morgan fingerprint density at radius 2 is 1.01 bits per heavy atom. The molecule has 0 aromatic carbocycles. The molecule has 15 N–H and O–H groups in total. The van der Waals surface area contributed by atoms with E-state index in [0.717, 1.165) is 5.57 Å². The monoisotopic (exact) mass is 1130 g/mol. The molecule has 0 spiro atoms. The smallest absolute Gasteiger partial charge is 0.315 e. The van der Waals surface area contributed by atoms with E-state index in [2.05, 4.69) is 40.7 Å². The van der Waals surface area contributed by atoms with Gasteiger partial charge in [0.25, 0.3) is 0 Å². The van der Waals surface area contributed by atoms with Gasteiger partial charge in [-0.05, 0) is 111 Å². The van der Waals surface area contributed by atoms with E-state index in [-0.39, 0.29) is 23.7 Å². The van der Waals surface area contributed by atoms with Crippen LogP contribution in [0.5, 0.6) is 0 Å². The summed E-state index contributed by atoms with van der Waals surface area (Å²) in [5.41, 5.74) is -3.23. The maximum Gasteiger partial charge on any atom is 0.315 e. The van der Waals surface area contributed by atoms with Crippen molar-refractivity contribution in [1.29, 1.82) is 0 Å². The molecule has 29 atom stereocenters. The molecule has 4 saturated carbocycles. The lowest BCUT2D eigenvalue weighted by atomic mass is 9.33. The maximum absolute atomic E-state index is 15.1. The molecule has 9 rings (SSSR count). The molecule has 4 saturated heterocycles. The van der Waals surface area contributed by atoms with Gasteiger partial charge in [-0.25, -0.2) is 0 Å². The normalized spacial score (nSPS) is 53.5. The van der Waals surface area contributed by atoms with Crippen molar-refractivity contribution in [2.75, 3.05) is 26.4 Å². The number of allylic oxidation sites excluding steroid dienone is 2. The predicted molar refractivity (Wildman–Crippen MR) is 265 cm³/mol. The SMILES string of the molecule is CC1(C)CCC2(C(=O)OC3OC(COC4OC(CO)C(O)C(O)C4O)C(O)C(O)C3O)CCC3(C)C(=CCC4C5(C)CCC(OC6OC(COC7OC(CO)C(O)C(O)C7O)C(O)C(O)C6O)C(C)(C(=O)O)C5CCC43C)C2C1. The van der Waals surface area contributed by atoms with Crippen molar-refractivity contribution in [1.82, 2.24) is 0 Å². The van der Waals surface area contributed by atoms with E-state index in [1.807, 2.05) is 0 Å². The molecule has 8 fully saturated rings. The molecule has 0 amide bonds. The molecule has 0 aromatic heterocycles. The number of ether oxygens (including phenoxy) is 8. The van der Waals surface area contributed by atoms with Crippen LogP contribution in [0.3, 0.4) is 0 Å². The minimum absolute atomic E-state index is 0.0542. The van der Waals surface area contributed by atoms with Gasteiger partial charge in [0.2, 0.25) is 6.29 Å². The van der Waals surface area contributed by atoms with Gasteiger partial charge in [-0.2, -0.15) is 0 Å². The number of hydrogen-bond acceptors (Lipinski definition) is 24. The second-order valence-corrected chi connectivity index (χ2v) is 26.1. The van der Waals surface area contributed by atoms with Crippen molar-refractivity contribution >= 4 is 11.9 Å². The zero-order valence-corrected chi connectivity index (χ0v) is 45.6. The number of rotatable bonds is 13. The zero-order chi connectivity index (χ0) is 57.9. The van der Waals surface area contributed by atoms with Gasteiger partial charge in [0.05, 0.1) is 43.4 Å². The summed E-state index contributed by atoms with van der Waals surface area (Å²) in [5, 5.41) is 159. The minimum Gasteiger partial charge on any atom is -0.481 e. The number of aliphatic carboxylic acids is 1. The van der Waals surface area contributed by atoms with Gasteiger partial charge in [-0.15, -0.1) is 0 Å². The third-order valence-corrected chi connectivity index (χ3v) is 21.5. The fourth-order valence-corrected chi connectivity index (χ4v) is 16.3. The molecule has 0 bridgehead atoms. The van der Waals surface area contributed by atoms with Crippen LogP contribution in [0.4, 0.5) is 0 Å². The van der Waals surface area contributed by atoms with Gasteiger partial charge in [0.1, 0.15) is 97.7 Å². The van der Waals surface area contributed by atoms with Crippen LogP contribution in [0, 0.1) is 50.2 Å². The van der Waals surface area contributed by atoms with Crippen LogP contribution in [0.1, 0.15) is 106 Å². The van der Waals surface area contributed by atoms with Crippen LogP contribution in [0.25, 0.3) is 0 Å². The first-order valence-corrected chi connectivity index (χ1v) is 28.0. The molecule has 4 heterocycles. The average molecular weight is 1140 g/mol. The van der Waals surface area contributed by atoms with Crippen molar-refractivity contribution in [2.45, 2.75) is 235 Å². The standard InChI is InChI=1S/C54H86O25/c1-49(2)13-15-54(48(71)79-46-42(68)38(64)34(60)27(77-46)21-73-44-40(66)36(62)32(58)25(19-56)75-44)16-14-51(4)22(23(54)17-49)7-8-28-50(3)11-10-30(53(6,47(69)70)29(50)9-12-52(28,51)5)78-45-41(67)37(63)33(59)26(76-45)20-72-43-39(65)35(61)31(57)24(18-55)74-43/h7,23-46,55-68H,8-21H2,1-6H3,(H,69,70). The molecule has 452 valence electrons. The summed E-state index contributed by atoms with van der Waals surface area (Å²) in [4.78, 5) is 28.9. The fourth-order valence-electron chi connectivity index (χ4n) is 16.3. The number of fused-ring (bicyclic) bond motifs is 7. The van der Waals surface area contributed by atoms with Crippen molar-refractivity contribution in [3.8, 4) is 0 Å². The Labute approximate surface area is 457 Å². The molecule has 0 aromatic rings. The van der Waals surface area contributed by atoms with Gasteiger partial charge >= 0.3 is 11.9 Å². The predicted octanol–water partition coefficient (Wildman–Crippen LogP) is -2.97. The third-order valence-electron chi connectivity index (χ3n) is 21.5. The molecule has 0 radical (unpaired) electrons. The second-order valence-electron chi connectivity index (χ2n) is 26.1. The van der Waals surface area contributed by atoms with Crippen LogP contribution in [-0.2, 0) is 47.5 Å². The molecule has 9 aliphatic rings. The van der Waals surface area contributed by atoms with E-state index in [1.54, 1.807) is 6.92 Å². The van der Waals surface area contributed by atoms with Crippen LogP contribution < -0.4 is 0 Å². The molecular formula is C54H86O25. The topological polar surface area (TPSA) is 411 Å². The van der Waals surface area contributed by atoms with E-state index in [4.69, 9.17) is 37.9 Å². The first kappa shape index (κ1) is 61.4. The highest BCUT2D eigenvalue weighted by Gasteiger charge is 2.72. The number of hydrogen-bond donors (Lipinski definition) is 15. The Kier molecular flexibility index (Phi) is 17.4. The Balaban J connectivity index is 0.920. The lowest BCUT2D eigenvalue weighted by Crippen LogP contribution is -2.68. The summed E-state index contributed by atoms with van der Waals surface area (Å²) in [6.07, 6.45) is -27.1. The highest BCUT2D eigenvalue weighted by Crippen LogP contribution is 2.76. The van der Waals surface area contributed by atoms with Gasteiger partial charge in [-0.1, -0.05) is 46.3 Å². The van der Waals surface area contributed by atoms with Crippen molar-refractivity contribution in [3.05, 3.63) is 11.6 Å². The Bertz CT molecular complexity index is 2220. The van der Waals surface area contributed by atoms with E-state index in [1.165, 1.54) is 0 Å². The Morgan fingerprint density at radius 3 is 1.53 bits per heavy atom. The molecule has 79 heavy (non-hydrogen) atoms. The number of aliphatic hydroxyl groups is 14. The first-order valence-electron chi connectivity index (χ1n) is 28.0. The zero-order valence-electron chi connectivity index (χ0n) is 45.6. The van der Waals surface area contributed by atoms with Gasteiger partial charge in [-0.3, -0.25) is 9.59 Å². The van der Waals surface area contributed by atoms with Crippen molar-refractivity contribution in [2.24, 2.45) is 50.2 Å². The largest absolute Gasteiger partial charge is 0.481 e. The molecule has 29 unspecified atom stereocenters. The van der Waals surface area contributed by atoms with Crippen LogP contribution in [0.2, 0.25) is 0 Å². The van der Waals surface area contributed by atoms with Gasteiger partial charge in [0, 0.05) is 0 Å². The molecule has 25 nitrogen and oxygen atoms in total. The molecule has 4 aliphatic heterocycles. The third kappa shape index (κ3) is 10.1. The first-order chi connectivity index (χ1) is 37.0. The lowest BCUT2D eigenvalue weighted by Gasteiger charge is -2.71. The second kappa shape index (κ2) is 22.4. The van der Waals surface area contributed by atoms with E-state index < -0.39 is 200 Å². The number of carbonyl (C=O) groups is 2. The number of carboxylic acid groups (broad SMARTS) is 1. The average Bonchev–Trinajstić information content (AvgIpc) is 3.58. The molecule has 5 aliphatic carbocycles.